The molecule has 0 spiro atoms. The van der Waals surface area contributed by atoms with Gasteiger partial charge in [0.05, 0.1) is 0 Å². The number of fused-ring (bicyclic) bond motifs is 6. The summed E-state index contributed by atoms with van der Waals surface area (Å²) in [6.07, 6.45) is 0. The minimum absolute atomic E-state index is 0.580. The van der Waals surface area contributed by atoms with E-state index in [4.69, 9.17) is 13.8 Å². The molecular weight excluding hydrogens is 625 g/mol. The van der Waals surface area contributed by atoms with Crippen LogP contribution in [0.4, 0.5) is 17.1 Å². The Morgan fingerprint density at radius 1 is 0.412 bits per heavy atom. The molecule has 240 valence electrons. The van der Waals surface area contributed by atoms with Gasteiger partial charge in [-0.3, -0.25) is 0 Å². The van der Waals surface area contributed by atoms with Crippen molar-refractivity contribution in [1.82, 2.24) is 4.98 Å². The molecule has 8 aromatic carbocycles. The number of nitrogens with zero attached hydrogens (tertiary/aromatic N) is 2. The Hall–Kier alpha value is -6.91. The highest BCUT2D eigenvalue weighted by Gasteiger charge is 2.20. The molecule has 0 aliphatic carbocycles. The Morgan fingerprint density at radius 2 is 1.08 bits per heavy atom. The fraction of sp³-hybridized carbons (Fsp3) is 0. The van der Waals surface area contributed by atoms with Crippen molar-refractivity contribution in [2.24, 2.45) is 0 Å². The van der Waals surface area contributed by atoms with Crippen molar-refractivity contribution >= 4 is 60.9 Å². The number of hydrogen-bond acceptors (Lipinski definition) is 4. The number of furan rings is 1. The normalized spacial score (nSPS) is 11.5. The molecule has 0 bridgehead atoms. The summed E-state index contributed by atoms with van der Waals surface area (Å²) >= 11 is 0. The van der Waals surface area contributed by atoms with Crippen LogP contribution in [0, 0.1) is 0 Å². The van der Waals surface area contributed by atoms with Crippen LogP contribution in [0.15, 0.2) is 191 Å². The van der Waals surface area contributed by atoms with Crippen LogP contribution in [-0.4, -0.2) is 4.98 Å². The van der Waals surface area contributed by atoms with E-state index in [-0.39, 0.29) is 0 Å². The molecule has 0 aliphatic heterocycles. The average molecular weight is 655 g/mol. The van der Waals surface area contributed by atoms with Gasteiger partial charge in [-0.05, 0) is 82.2 Å². The van der Waals surface area contributed by atoms with Gasteiger partial charge in [0.2, 0.25) is 5.89 Å². The Balaban J connectivity index is 1.12. The minimum Gasteiger partial charge on any atom is -0.456 e. The molecule has 51 heavy (non-hydrogen) atoms. The molecule has 0 fully saturated rings. The maximum Gasteiger partial charge on any atom is 0.228 e. The monoisotopic (exact) mass is 654 g/mol. The second-order valence-corrected chi connectivity index (χ2v) is 12.8. The molecule has 2 aromatic heterocycles. The van der Waals surface area contributed by atoms with Crippen LogP contribution in [0.5, 0.6) is 0 Å². The van der Waals surface area contributed by atoms with Crippen LogP contribution in [0.3, 0.4) is 0 Å². The molecule has 0 saturated carbocycles. The first kappa shape index (κ1) is 29.0. The summed E-state index contributed by atoms with van der Waals surface area (Å²) in [5.41, 5.74) is 11.9. The van der Waals surface area contributed by atoms with Crippen LogP contribution in [-0.2, 0) is 0 Å². The highest BCUT2D eigenvalue weighted by atomic mass is 16.3. The fourth-order valence-corrected chi connectivity index (χ4v) is 7.24. The van der Waals surface area contributed by atoms with E-state index in [0.717, 1.165) is 72.0 Å². The maximum atomic E-state index is 6.60. The number of oxazole rings is 1. The largest absolute Gasteiger partial charge is 0.456 e. The van der Waals surface area contributed by atoms with E-state index >= 15 is 0 Å². The highest BCUT2D eigenvalue weighted by Crippen LogP contribution is 2.43. The number of hydrogen-bond donors (Lipinski definition) is 0. The van der Waals surface area contributed by atoms with Gasteiger partial charge in [-0.1, -0.05) is 121 Å². The van der Waals surface area contributed by atoms with Gasteiger partial charge >= 0.3 is 0 Å². The average Bonchev–Trinajstić information content (AvgIpc) is 3.81. The topological polar surface area (TPSA) is 42.4 Å². The second kappa shape index (κ2) is 11.9. The van der Waals surface area contributed by atoms with Crippen LogP contribution in [0.25, 0.3) is 77.5 Å². The minimum atomic E-state index is 0.580. The smallest absolute Gasteiger partial charge is 0.228 e. The molecular formula is C47H30N2O2. The Bertz CT molecular complexity index is 2850. The SMILES string of the molecule is c1ccc(-c2ccc(N(c3cccc(-c4ccccc4)c3)c3ccc4c(c3)oc3cccc(-c5nc6ccc7ccccc7c6o5)c34)cc2)cc1. The van der Waals surface area contributed by atoms with Gasteiger partial charge in [-0.25, -0.2) is 4.98 Å². The summed E-state index contributed by atoms with van der Waals surface area (Å²) in [5, 5.41) is 4.17. The number of anilines is 3. The van der Waals surface area contributed by atoms with Crippen LogP contribution in [0.1, 0.15) is 0 Å². The van der Waals surface area contributed by atoms with E-state index in [1.807, 2.05) is 42.5 Å². The summed E-state index contributed by atoms with van der Waals surface area (Å²) in [4.78, 5) is 7.23. The lowest BCUT2D eigenvalue weighted by Gasteiger charge is -2.26. The van der Waals surface area contributed by atoms with Gasteiger partial charge in [-0.2, -0.15) is 0 Å². The second-order valence-electron chi connectivity index (χ2n) is 12.8. The third-order valence-corrected chi connectivity index (χ3v) is 9.69. The van der Waals surface area contributed by atoms with Gasteiger partial charge in [-0.15, -0.1) is 0 Å². The van der Waals surface area contributed by atoms with Crippen LogP contribution < -0.4 is 4.90 Å². The summed E-state index contributed by atoms with van der Waals surface area (Å²) in [6, 6.07) is 63.4. The van der Waals surface area contributed by atoms with E-state index in [1.54, 1.807) is 0 Å². The molecule has 10 aromatic rings. The Kier molecular flexibility index (Phi) is 6.78. The van der Waals surface area contributed by atoms with Crippen molar-refractivity contribution in [3.63, 3.8) is 0 Å². The van der Waals surface area contributed by atoms with E-state index in [9.17, 15) is 0 Å². The zero-order chi connectivity index (χ0) is 33.7. The van der Waals surface area contributed by atoms with Gasteiger partial charge in [0.1, 0.15) is 16.7 Å². The third-order valence-electron chi connectivity index (χ3n) is 9.69. The standard InChI is InChI=1S/C47H30N2O2/c1-3-11-31(12-4-1)33-21-24-36(25-22-33)49(37-17-9-16-35(29-37)32-13-5-2-6-14-32)38-26-27-40-44(30-38)50-43-20-10-19-41(45(40)43)47-48-42-28-23-34-15-7-8-18-39(34)46(42)51-47/h1-30H. The van der Waals surface area contributed by atoms with E-state index in [0.29, 0.717) is 5.89 Å². The highest BCUT2D eigenvalue weighted by molar-refractivity contribution is 6.13. The molecule has 0 aliphatic rings. The molecule has 0 atom stereocenters. The van der Waals surface area contributed by atoms with Crippen molar-refractivity contribution in [1.29, 1.82) is 0 Å². The molecule has 4 nitrogen and oxygen atoms in total. The zero-order valence-corrected chi connectivity index (χ0v) is 27.5. The molecule has 2 heterocycles. The number of rotatable bonds is 6. The van der Waals surface area contributed by atoms with Crippen molar-refractivity contribution in [2.75, 3.05) is 4.90 Å². The first-order chi connectivity index (χ1) is 25.3. The lowest BCUT2D eigenvalue weighted by atomic mass is 10.0. The quantitative estimate of drug-likeness (QED) is 0.179. The molecule has 0 amide bonds. The van der Waals surface area contributed by atoms with Crippen molar-refractivity contribution in [3.8, 4) is 33.7 Å². The summed E-state index contributed by atoms with van der Waals surface area (Å²) in [5.74, 6) is 0.580. The van der Waals surface area contributed by atoms with E-state index < -0.39 is 0 Å². The fourth-order valence-electron chi connectivity index (χ4n) is 7.24. The van der Waals surface area contributed by atoms with Crippen LogP contribution in [0.2, 0.25) is 0 Å². The number of benzene rings is 8. The van der Waals surface area contributed by atoms with Crippen molar-refractivity contribution in [2.45, 2.75) is 0 Å². The first-order valence-corrected chi connectivity index (χ1v) is 17.1. The number of aromatic nitrogens is 1. The lowest BCUT2D eigenvalue weighted by Crippen LogP contribution is -2.10. The predicted octanol–water partition coefficient (Wildman–Crippen LogP) is 13.4. The molecule has 0 N–H and O–H groups in total. The van der Waals surface area contributed by atoms with E-state index in [1.165, 1.54) is 16.7 Å². The van der Waals surface area contributed by atoms with Crippen LogP contribution >= 0.6 is 0 Å². The molecule has 4 heteroatoms. The lowest BCUT2D eigenvalue weighted by molar-refractivity contribution is 0.623. The van der Waals surface area contributed by atoms with Gasteiger partial charge < -0.3 is 13.7 Å². The summed E-state index contributed by atoms with van der Waals surface area (Å²) in [6.45, 7) is 0. The first-order valence-electron chi connectivity index (χ1n) is 17.1. The zero-order valence-electron chi connectivity index (χ0n) is 27.5. The van der Waals surface area contributed by atoms with E-state index in [2.05, 4.69) is 144 Å². The van der Waals surface area contributed by atoms with Crippen molar-refractivity contribution < 1.29 is 8.83 Å². The van der Waals surface area contributed by atoms with Gasteiger partial charge in [0.15, 0.2) is 5.58 Å². The Morgan fingerprint density at radius 3 is 1.90 bits per heavy atom. The van der Waals surface area contributed by atoms with Gasteiger partial charge in [0, 0.05) is 44.9 Å². The molecule has 0 unspecified atom stereocenters. The Labute approximate surface area is 294 Å². The molecule has 0 saturated heterocycles. The third kappa shape index (κ3) is 5.04. The molecule has 0 radical (unpaired) electrons. The summed E-state index contributed by atoms with van der Waals surface area (Å²) in [7, 11) is 0. The molecule has 10 rings (SSSR count). The summed E-state index contributed by atoms with van der Waals surface area (Å²) < 4.78 is 13.1. The maximum absolute atomic E-state index is 6.60. The van der Waals surface area contributed by atoms with Gasteiger partial charge in [0.25, 0.3) is 0 Å². The predicted molar refractivity (Wildman–Crippen MR) is 210 cm³/mol. The van der Waals surface area contributed by atoms with Crippen molar-refractivity contribution in [3.05, 3.63) is 182 Å².